The van der Waals surface area contributed by atoms with Crippen molar-refractivity contribution in [3.05, 3.63) is 66.0 Å². The SMILES string of the molecule is CCOc1ccc(NC(=O)c2nccc3ccccc23)c(CCC(OCC)OCC)c1. The summed E-state index contributed by atoms with van der Waals surface area (Å²) in [4.78, 5) is 17.4. The van der Waals surface area contributed by atoms with Crippen LogP contribution in [0.25, 0.3) is 10.8 Å². The molecular formula is C25H30N2O4. The first-order valence-electron chi connectivity index (χ1n) is 10.8. The topological polar surface area (TPSA) is 69.7 Å². The van der Waals surface area contributed by atoms with Crippen molar-refractivity contribution in [2.45, 2.75) is 39.9 Å². The quantitative estimate of drug-likeness (QED) is 0.429. The molecule has 0 bridgehead atoms. The Morgan fingerprint density at radius 1 is 1.00 bits per heavy atom. The highest BCUT2D eigenvalue weighted by atomic mass is 16.7. The zero-order valence-corrected chi connectivity index (χ0v) is 18.4. The van der Waals surface area contributed by atoms with Gasteiger partial charge in [0.15, 0.2) is 6.29 Å². The number of rotatable bonds is 11. The van der Waals surface area contributed by atoms with Crippen LogP contribution in [0.4, 0.5) is 5.69 Å². The number of benzene rings is 2. The number of aryl methyl sites for hydroxylation is 1. The zero-order valence-electron chi connectivity index (χ0n) is 18.4. The van der Waals surface area contributed by atoms with E-state index in [1.54, 1.807) is 6.20 Å². The summed E-state index contributed by atoms with van der Waals surface area (Å²) in [7, 11) is 0. The highest BCUT2D eigenvalue weighted by Gasteiger charge is 2.16. The minimum atomic E-state index is -0.283. The predicted octanol–water partition coefficient (Wildman–Crippen LogP) is 5.22. The smallest absolute Gasteiger partial charge is 0.274 e. The van der Waals surface area contributed by atoms with Crippen LogP contribution in [0.15, 0.2) is 54.7 Å². The number of hydrogen-bond acceptors (Lipinski definition) is 5. The first kappa shape index (κ1) is 22.7. The molecule has 0 aliphatic rings. The Morgan fingerprint density at radius 3 is 2.52 bits per heavy atom. The van der Waals surface area contributed by atoms with Crippen LogP contribution < -0.4 is 10.1 Å². The van der Waals surface area contributed by atoms with Crippen LogP contribution in [0, 0.1) is 0 Å². The van der Waals surface area contributed by atoms with Crippen LogP contribution >= 0.6 is 0 Å². The van der Waals surface area contributed by atoms with Gasteiger partial charge in [-0.3, -0.25) is 9.78 Å². The number of carbonyl (C=O) groups is 1. The third-order valence-electron chi connectivity index (χ3n) is 4.88. The van der Waals surface area contributed by atoms with Crippen molar-refractivity contribution < 1.29 is 19.0 Å². The summed E-state index contributed by atoms with van der Waals surface area (Å²) in [6.45, 7) is 7.59. The molecule has 3 aromatic rings. The van der Waals surface area contributed by atoms with Crippen molar-refractivity contribution in [1.29, 1.82) is 0 Å². The Kier molecular flexibility index (Phi) is 8.38. The second-order valence-electron chi connectivity index (χ2n) is 6.97. The van der Waals surface area contributed by atoms with E-state index in [9.17, 15) is 4.79 Å². The van der Waals surface area contributed by atoms with E-state index in [1.165, 1.54) is 0 Å². The highest BCUT2D eigenvalue weighted by molar-refractivity contribution is 6.11. The molecule has 6 nitrogen and oxygen atoms in total. The molecule has 0 aliphatic heterocycles. The summed E-state index contributed by atoms with van der Waals surface area (Å²) in [6.07, 6.45) is 2.72. The maximum atomic E-state index is 13.1. The standard InChI is InChI=1S/C25H30N2O4/c1-4-29-20-12-13-22(19(17-20)11-14-23(30-5-2)31-6-3)27-25(28)24-21-10-8-7-9-18(21)15-16-26-24/h7-10,12-13,15-17,23H,4-6,11,14H2,1-3H3,(H,27,28). The zero-order chi connectivity index (χ0) is 22.1. The van der Waals surface area contributed by atoms with Crippen molar-refractivity contribution in [3.63, 3.8) is 0 Å². The van der Waals surface area contributed by atoms with Gasteiger partial charge in [-0.15, -0.1) is 0 Å². The lowest BCUT2D eigenvalue weighted by molar-refractivity contribution is -0.139. The molecule has 1 N–H and O–H groups in total. The maximum Gasteiger partial charge on any atom is 0.274 e. The fourth-order valence-corrected chi connectivity index (χ4v) is 3.50. The molecule has 0 unspecified atom stereocenters. The van der Waals surface area contributed by atoms with Crippen LogP contribution in [0.2, 0.25) is 0 Å². The number of aromatic nitrogens is 1. The van der Waals surface area contributed by atoms with Crippen LogP contribution in [0.3, 0.4) is 0 Å². The molecule has 1 heterocycles. The van der Waals surface area contributed by atoms with Crippen LogP contribution in [0.5, 0.6) is 5.75 Å². The maximum absolute atomic E-state index is 13.1. The molecule has 31 heavy (non-hydrogen) atoms. The molecule has 0 saturated heterocycles. The number of hydrogen-bond donors (Lipinski definition) is 1. The molecule has 2 aromatic carbocycles. The molecule has 0 radical (unpaired) electrons. The van der Waals surface area contributed by atoms with E-state index in [1.807, 2.05) is 69.3 Å². The van der Waals surface area contributed by atoms with Gasteiger partial charge in [0, 0.05) is 36.9 Å². The molecular weight excluding hydrogens is 392 g/mol. The second-order valence-corrected chi connectivity index (χ2v) is 6.97. The average Bonchev–Trinajstić information content (AvgIpc) is 2.79. The normalized spacial score (nSPS) is 11.1. The van der Waals surface area contributed by atoms with Crippen molar-refractivity contribution in [1.82, 2.24) is 4.98 Å². The van der Waals surface area contributed by atoms with Crippen LogP contribution in [0.1, 0.15) is 43.2 Å². The van der Waals surface area contributed by atoms with Gasteiger partial charge >= 0.3 is 0 Å². The number of amides is 1. The minimum Gasteiger partial charge on any atom is -0.494 e. The number of ether oxygens (including phenoxy) is 3. The van der Waals surface area contributed by atoms with Gasteiger partial charge in [-0.25, -0.2) is 0 Å². The van der Waals surface area contributed by atoms with Gasteiger partial charge in [-0.1, -0.05) is 24.3 Å². The summed E-state index contributed by atoms with van der Waals surface area (Å²) in [5, 5.41) is 4.84. The molecule has 164 valence electrons. The van der Waals surface area contributed by atoms with E-state index in [0.29, 0.717) is 38.4 Å². The summed E-state index contributed by atoms with van der Waals surface area (Å²) in [5.74, 6) is 0.525. The molecule has 6 heteroatoms. The molecule has 1 aromatic heterocycles. The van der Waals surface area contributed by atoms with E-state index in [-0.39, 0.29) is 12.2 Å². The summed E-state index contributed by atoms with van der Waals surface area (Å²) in [6, 6.07) is 15.3. The Labute approximate surface area is 183 Å². The Morgan fingerprint density at radius 2 is 1.77 bits per heavy atom. The van der Waals surface area contributed by atoms with Gasteiger partial charge in [0.25, 0.3) is 5.91 Å². The van der Waals surface area contributed by atoms with Gasteiger partial charge in [0.2, 0.25) is 0 Å². The monoisotopic (exact) mass is 422 g/mol. The number of nitrogens with zero attached hydrogens (tertiary/aromatic N) is 1. The van der Waals surface area contributed by atoms with E-state index in [4.69, 9.17) is 14.2 Å². The van der Waals surface area contributed by atoms with Gasteiger partial charge in [-0.05, 0) is 62.4 Å². The fourth-order valence-electron chi connectivity index (χ4n) is 3.50. The molecule has 0 atom stereocenters. The molecule has 1 amide bonds. The van der Waals surface area contributed by atoms with Crippen molar-refractivity contribution in [3.8, 4) is 5.75 Å². The lowest BCUT2D eigenvalue weighted by atomic mass is 10.1. The summed E-state index contributed by atoms with van der Waals surface area (Å²) in [5.41, 5.74) is 2.10. The van der Waals surface area contributed by atoms with Crippen LogP contribution in [-0.2, 0) is 15.9 Å². The molecule has 3 rings (SSSR count). The van der Waals surface area contributed by atoms with Gasteiger partial charge in [0.05, 0.1) is 6.61 Å². The van der Waals surface area contributed by atoms with Crippen molar-refractivity contribution in [2.75, 3.05) is 25.1 Å². The highest BCUT2D eigenvalue weighted by Crippen LogP contribution is 2.26. The van der Waals surface area contributed by atoms with Gasteiger partial charge in [-0.2, -0.15) is 0 Å². The Bertz CT molecular complexity index is 994. The van der Waals surface area contributed by atoms with Crippen LogP contribution in [-0.4, -0.2) is 37.0 Å². The lowest BCUT2D eigenvalue weighted by Crippen LogP contribution is -2.19. The first-order chi connectivity index (χ1) is 15.2. The van der Waals surface area contributed by atoms with E-state index in [0.717, 1.165) is 27.8 Å². The molecule has 0 fully saturated rings. The third kappa shape index (κ3) is 6.03. The number of fused-ring (bicyclic) bond motifs is 1. The number of carbonyl (C=O) groups excluding carboxylic acids is 1. The van der Waals surface area contributed by atoms with E-state index >= 15 is 0 Å². The average molecular weight is 423 g/mol. The fraction of sp³-hybridized carbons (Fsp3) is 0.360. The largest absolute Gasteiger partial charge is 0.494 e. The van der Waals surface area contributed by atoms with E-state index < -0.39 is 0 Å². The molecule has 0 aliphatic carbocycles. The Hall–Kier alpha value is -2.96. The van der Waals surface area contributed by atoms with Gasteiger partial charge < -0.3 is 19.5 Å². The van der Waals surface area contributed by atoms with E-state index in [2.05, 4.69) is 10.3 Å². The summed E-state index contributed by atoms with van der Waals surface area (Å²) < 4.78 is 17.0. The third-order valence-corrected chi connectivity index (χ3v) is 4.88. The number of anilines is 1. The first-order valence-corrected chi connectivity index (χ1v) is 10.8. The predicted molar refractivity (Wildman–Crippen MR) is 123 cm³/mol. The lowest BCUT2D eigenvalue weighted by Gasteiger charge is -2.18. The van der Waals surface area contributed by atoms with Crippen molar-refractivity contribution in [2.24, 2.45) is 0 Å². The second kappa shape index (κ2) is 11.4. The Balaban J connectivity index is 1.84. The van der Waals surface area contributed by atoms with Gasteiger partial charge in [0.1, 0.15) is 11.4 Å². The number of pyridine rings is 1. The number of nitrogens with one attached hydrogen (secondary N) is 1. The van der Waals surface area contributed by atoms with Crippen molar-refractivity contribution >= 4 is 22.4 Å². The minimum absolute atomic E-state index is 0.242. The summed E-state index contributed by atoms with van der Waals surface area (Å²) >= 11 is 0. The molecule has 0 saturated carbocycles. The molecule has 0 spiro atoms.